The van der Waals surface area contributed by atoms with Crippen molar-refractivity contribution in [3.8, 4) is 5.75 Å². The molecule has 1 aromatic carbocycles. The SMILES string of the molecule is CCOCOc1cccc(NC(=O)O)c1. The van der Waals surface area contributed by atoms with E-state index in [-0.39, 0.29) is 6.79 Å². The van der Waals surface area contributed by atoms with Gasteiger partial charge in [-0.3, -0.25) is 5.32 Å². The van der Waals surface area contributed by atoms with Crippen LogP contribution in [0.2, 0.25) is 0 Å². The summed E-state index contributed by atoms with van der Waals surface area (Å²) in [7, 11) is 0. The minimum Gasteiger partial charge on any atom is -0.467 e. The molecule has 82 valence electrons. The van der Waals surface area contributed by atoms with Crippen molar-refractivity contribution >= 4 is 11.8 Å². The fourth-order valence-corrected chi connectivity index (χ4v) is 0.980. The van der Waals surface area contributed by atoms with E-state index in [1.165, 1.54) is 0 Å². The summed E-state index contributed by atoms with van der Waals surface area (Å²) < 4.78 is 10.2. The Balaban J connectivity index is 2.53. The van der Waals surface area contributed by atoms with Gasteiger partial charge in [0.2, 0.25) is 0 Å². The first kappa shape index (κ1) is 11.3. The van der Waals surface area contributed by atoms with Crippen molar-refractivity contribution in [2.45, 2.75) is 6.92 Å². The van der Waals surface area contributed by atoms with Gasteiger partial charge in [0.1, 0.15) is 5.75 Å². The molecule has 0 heterocycles. The topological polar surface area (TPSA) is 67.8 Å². The molecule has 0 fully saturated rings. The summed E-state index contributed by atoms with van der Waals surface area (Å²) >= 11 is 0. The van der Waals surface area contributed by atoms with Crippen LogP contribution in [0.4, 0.5) is 10.5 Å². The zero-order chi connectivity index (χ0) is 11.1. The average molecular weight is 211 g/mol. The van der Waals surface area contributed by atoms with Crippen molar-refractivity contribution in [2.75, 3.05) is 18.7 Å². The lowest BCUT2D eigenvalue weighted by atomic mass is 10.3. The Morgan fingerprint density at radius 2 is 2.33 bits per heavy atom. The Morgan fingerprint density at radius 1 is 1.53 bits per heavy atom. The van der Waals surface area contributed by atoms with E-state index in [1.54, 1.807) is 24.3 Å². The summed E-state index contributed by atoms with van der Waals surface area (Å²) in [6, 6.07) is 6.66. The van der Waals surface area contributed by atoms with E-state index in [0.717, 1.165) is 0 Å². The van der Waals surface area contributed by atoms with E-state index in [9.17, 15) is 4.79 Å². The number of ether oxygens (including phenoxy) is 2. The summed E-state index contributed by atoms with van der Waals surface area (Å²) in [5, 5.41) is 10.7. The van der Waals surface area contributed by atoms with Crippen LogP contribution in [-0.4, -0.2) is 24.6 Å². The van der Waals surface area contributed by atoms with Gasteiger partial charge in [0.05, 0.1) is 0 Å². The summed E-state index contributed by atoms with van der Waals surface area (Å²) in [5.41, 5.74) is 0.469. The first-order chi connectivity index (χ1) is 7.22. The molecule has 0 saturated carbocycles. The highest BCUT2D eigenvalue weighted by atomic mass is 16.7. The lowest BCUT2D eigenvalue weighted by molar-refractivity contribution is 0.0224. The van der Waals surface area contributed by atoms with Crippen LogP contribution in [0.5, 0.6) is 5.75 Å². The third-order valence-corrected chi connectivity index (χ3v) is 1.60. The van der Waals surface area contributed by atoms with E-state index in [0.29, 0.717) is 18.0 Å². The van der Waals surface area contributed by atoms with E-state index in [1.807, 2.05) is 6.92 Å². The third kappa shape index (κ3) is 4.33. The van der Waals surface area contributed by atoms with Crippen LogP contribution in [0, 0.1) is 0 Å². The Kier molecular flexibility index (Phi) is 4.43. The molecule has 15 heavy (non-hydrogen) atoms. The molecule has 0 aliphatic rings. The first-order valence-corrected chi connectivity index (χ1v) is 4.53. The standard InChI is InChI=1S/C10H13NO4/c1-2-14-7-15-9-5-3-4-8(6-9)11-10(12)13/h3-6,11H,2,7H2,1H3,(H,12,13). The summed E-state index contributed by atoms with van der Waals surface area (Å²) in [6.45, 7) is 2.60. The first-order valence-electron chi connectivity index (χ1n) is 4.53. The van der Waals surface area contributed by atoms with E-state index >= 15 is 0 Å². The summed E-state index contributed by atoms with van der Waals surface area (Å²) in [6.07, 6.45) is -1.10. The Morgan fingerprint density at radius 3 is 3.00 bits per heavy atom. The van der Waals surface area contributed by atoms with E-state index < -0.39 is 6.09 Å². The van der Waals surface area contributed by atoms with Gasteiger partial charge in [-0.15, -0.1) is 0 Å². The molecule has 0 aromatic heterocycles. The Hall–Kier alpha value is -1.75. The predicted octanol–water partition coefficient (Wildman–Crippen LogP) is 2.15. The second-order valence-electron chi connectivity index (χ2n) is 2.71. The molecular weight excluding hydrogens is 198 g/mol. The van der Waals surface area contributed by atoms with Crippen LogP contribution in [0.1, 0.15) is 6.92 Å². The number of nitrogens with one attached hydrogen (secondary N) is 1. The van der Waals surface area contributed by atoms with Gasteiger partial charge in [-0.2, -0.15) is 0 Å². The number of carboxylic acid groups (broad SMARTS) is 1. The van der Waals surface area contributed by atoms with Gasteiger partial charge >= 0.3 is 6.09 Å². The molecule has 1 rings (SSSR count). The molecule has 0 saturated heterocycles. The fourth-order valence-electron chi connectivity index (χ4n) is 0.980. The van der Waals surface area contributed by atoms with Crippen molar-refractivity contribution in [1.82, 2.24) is 0 Å². The van der Waals surface area contributed by atoms with Crippen molar-refractivity contribution < 1.29 is 19.4 Å². The number of anilines is 1. The summed E-state index contributed by atoms with van der Waals surface area (Å²) in [4.78, 5) is 10.4. The molecule has 0 aliphatic carbocycles. The number of hydrogen-bond acceptors (Lipinski definition) is 3. The normalized spacial score (nSPS) is 9.67. The zero-order valence-electron chi connectivity index (χ0n) is 8.40. The molecule has 5 nitrogen and oxygen atoms in total. The van der Waals surface area contributed by atoms with Crippen LogP contribution in [0.25, 0.3) is 0 Å². The Bertz CT molecular complexity index is 327. The number of carbonyl (C=O) groups is 1. The highest BCUT2D eigenvalue weighted by Crippen LogP contribution is 2.17. The van der Waals surface area contributed by atoms with Crippen LogP contribution in [0.15, 0.2) is 24.3 Å². The maximum atomic E-state index is 10.4. The molecule has 1 amide bonds. The molecule has 5 heteroatoms. The van der Waals surface area contributed by atoms with Crippen LogP contribution in [-0.2, 0) is 4.74 Å². The maximum absolute atomic E-state index is 10.4. The molecule has 1 aromatic rings. The minimum atomic E-state index is -1.10. The number of hydrogen-bond donors (Lipinski definition) is 2. The highest BCUT2D eigenvalue weighted by Gasteiger charge is 1.99. The fraction of sp³-hybridized carbons (Fsp3) is 0.300. The highest BCUT2D eigenvalue weighted by molar-refractivity contribution is 5.83. The molecule has 0 atom stereocenters. The zero-order valence-corrected chi connectivity index (χ0v) is 8.40. The largest absolute Gasteiger partial charge is 0.467 e. The van der Waals surface area contributed by atoms with Gasteiger partial charge in [-0.25, -0.2) is 4.79 Å². The van der Waals surface area contributed by atoms with Crippen LogP contribution < -0.4 is 10.1 Å². The van der Waals surface area contributed by atoms with Gasteiger partial charge in [0.15, 0.2) is 6.79 Å². The third-order valence-electron chi connectivity index (χ3n) is 1.60. The van der Waals surface area contributed by atoms with Crippen molar-refractivity contribution in [2.24, 2.45) is 0 Å². The number of rotatable bonds is 5. The van der Waals surface area contributed by atoms with E-state index in [2.05, 4.69) is 5.32 Å². The molecular formula is C10H13NO4. The van der Waals surface area contributed by atoms with Crippen molar-refractivity contribution in [3.63, 3.8) is 0 Å². The minimum absolute atomic E-state index is 0.160. The Labute approximate surface area is 87.6 Å². The molecule has 0 bridgehead atoms. The monoisotopic (exact) mass is 211 g/mol. The number of amides is 1. The summed E-state index contributed by atoms with van der Waals surface area (Å²) in [5.74, 6) is 0.565. The van der Waals surface area contributed by atoms with Gasteiger partial charge in [0.25, 0.3) is 0 Å². The average Bonchev–Trinajstić information content (AvgIpc) is 2.18. The molecule has 0 aliphatic heterocycles. The van der Waals surface area contributed by atoms with Gasteiger partial charge in [0, 0.05) is 18.4 Å². The smallest absolute Gasteiger partial charge is 0.409 e. The molecule has 0 unspecified atom stereocenters. The van der Waals surface area contributed by atoms with Gasteiger partial charge in [-0.1, -0.05) is 6.07 Å². The van der Waals surface area contributed by atoms with Crippen molar-refractivity contribution in [1.29, 1.82) is 0 Å². The van der Waals surface area contributed by atoms with Gasteiger partial charge in [-0.05, 0) is 19.1 Å². The number of benzene rings is 1. The van der Waals surface area contributed by atoms with E-state index in [4.69, 9.17) is 14.6 Å². The predicted molar refractivity (Wildman–Crippen MR) is 55.2 cm³/mol. The quantitative estimate of drug-likeness (QED) is 0.578. The molecule has 0 radical (unpaired) electrons. The second-order valence-corrected chi connectivity index (χ2v) is 2.71. The molecule has 0 spiro atoms. The lowest BCUT2D eigenvalue weighted by Crippen LogP contribution is -2.07. The molecule has 2 N–H and O–H groups in total. The van der Waals surface area contributed by atoms with Crippen LogP contribution in [0.3, 0.4) is 0 Å². The maximum Gasteiger partial charge on any atom is 0.409 e. The van der Waals surface area contributed by atoms with Crippen molar-refractivity contribution in [3.05, 3.63) is 24.3 Å². The van der Waals surface area contributed by atoms with Gasteiger partial charge < -0.3 is 14.6 Å². The lowest BCUT2D eigenvalue weighted by Gasteiger charge is -2.07. The second kappa shape index (κ2) is 5.87. The van der Waals surface area contributed by atoms with Crippen LogP contribution >= 0.6 is 0 Å².